The van der Waals surface area contributed by atoms with Gasteiger partial charge in [-0.3, -0.25) is 4.79 Å². The van der Waals surface area contributed by atoms with Gasteiger partial charge in [0, 0.05) is 27.8 Å². The van der Waals surface area contributed by atoms with E-state index >= 15 is 0 Å². The molecule has 1 heterocycles. The first-order valence-electron chi connectivity index (χ1n) is 8.26. The summed E-state index contributed by atoms with van der Waals surface area (Å²) in [5, 5.41) is 8.60. The van der Waals surface area contributed by atoms with Crippen molar-refractivity contribution in [2.75, 3.05) is 0 Å². The molecule has 134 valence electrons. The maximum Gasteiger partial charge on any atom is 0.224 e. The lowest BCUT2D eigenvalue weighted by Crippen LogP contribution is -2.25. The van der Waals surface area contributed by atoms with Gasteiger partial charge in [0.1, 0.15) is 0 Å². The molecule has 1 N–H and O–H groups in total. The second kappa shape index (κ2) is 7.94. The summed E-state index contributed by atoms with van der Waals surface area (Å²) >= 11 is 12.0. The highest BCUT2D eigenvalue weighted by Gasteiger charge is 2.15. The standard InChI is InChI=1S/C20H19Cl2N3O/c1-13-19(14(2)25(24-13)18-6-4-3-5-7-18)11-20(26)23-12-15-8-16(21)10-17(22)9-15/h3-10H,11-12H2,1-2H3,(H,23,26). The fraction of sp³-hybridized carbons (Fsp3) is 0.200. The number of para-hydroxylation sites is 1. The molecular formula is C20H19Cl2N3O. The first-order valence-corrected chi connectivity index (χ1v) is 9.02. The number of carbonyl (C=O) groups excluding carboxylic acids is 1. The van der Waals surface area contributed by atoms with Gasteiger partial charge in [-0.1, -0.05) is 41.4 Å². The van der Waals surface area contributed by atoms with Crippen molar-refractivity contribution >= 4 is 29.1 Å². The number of nitrogens with zero attached hydrogens (tertiary/aromatic N) is 2. The Morgan fingerprint density at radius 1 is 1.08 bits per heavy atom. The molecule has 0 saturated carbocycles. The molecule has 0 atom stereocenters. The number of benzene rings is 2. The molecule has 0 aliphatic rings. The smallest absolute Gasteiger partial charge is 0.224 e. The molecule has 0 aliphatic heterocycles. The Morgan fingerprint density at radius 3 is 2.38 bits per heavy atom. The molecule has 0 spiro atoms. The van der Waals surface area contributed by atoms with Crippen LogP contribution in [0.2, 0.25) is 10.0 Å². The van der Waals surface area contributed by atoms with Crippen LogP contribution in [0.15, 0.2) is 48.5 Å². The number of aromatic nitrogens is 2. The zero-order valence-corrected chi connectivity index (χ0v) is 16.1. The number of aryl methyl sites for hydroxylation is 1. The van der Waals surface area contributed by atoms with Gasteiger partial charge in [-0.2, -0.15) is 5.10 Å². The summed E-state index contributed by atoms with van der Waals surface area (Å²) in [7, 11) is 0. The van der Waals surface area contributed by atoms with E-state index in [1.807, 2.05) is 48.9 Å². The Balaban J connectivity index is 1.71. The lowest BCUT2D eigenvalue weighted by atomic mass is 10.1. The Bertz CT molecular complexity index is 915. The maximum atomic E-state index is 12.4. The highest BCUT2D eigenvalue weighted by Crippen LogP contribution is 2.20. The fourth-order valence-electron chi connectivity index (χ4n) is 2.89. The maximum absolute atomic E-state index is 12.4. The van der Waals surface area contributed by atoms with Crippen LogP contribution in [0.3, 0.4) is 0 Å². The fourth-order valence-corrected chi connectivity index (χ4v) is 3.46. The number of rotatable bonds is 5. The van der Waals surface area contributed by atoms with Gasteiger partial charge < -0.3 is 5.32 Å². The summed E-state index contributed by atoms with van der Waals surface area (Å²) in [6, 6.07) is 15.1. The summed E-state index contributed by atoms with van der Waals surface area (Å²) in [4.78, 5) is 12.4. The Hall–Kier alpha value is -2.30. The van der Waals surface area contributed by atoms with Crippen molar-refractivity contribution in [3.05, 3.63) is 81.1 Å². The molecule has 4 nitrogen and oxygen atoms in total. The van der Waals surface area contributed by atoms with Crippen molar-refractivity contribution in [2.24, 2.45) is 0 Å². The predicted octanol–water partition coefficient (Wildman–Crippen LogP) is 4.65. The van der Waals surface area contributed by atoms with Crippen LogP contribution in [0.4, 0.5) is 0 Å². The lowest BCUT2D eigenvalue weighted by molar-refractivity contribution is -0.120. The third-order valence-electron chi connectivity index (χ3n) is 4.19. The van der Waals surface area contributed by atoms with Crippen LogP contribution in [0.1, 0.15) is 22.5 Å². The van der Waals surface area contributed by atoms with E-state index in [-0.39, 0.29) is 12.3 Å². The van der Waals surface area contributed by atoms with Gasteiger partial charge >= 0.3 is 0 Å². The SMILES string of the molecule is Cc1nn(-c2ccccc2)c(C)c1CC(=O)NCc1cc(Cl)cc(Cl)c1. The Labute approximate surface area is 162 Å². The van der Waals surface area contributed by atoms with Crippen molar-refractivity contribution in [1.29, 1.82) is 0 Å². The zero-order chi connectivity index (χ0) is 18.7. The summed E-state index contributed by atoms with van der Waals surface area (Å²) in [6.07, 6.45) is 0.277. The molecule has 0 aliphatic carbocycles. The van der Waals surface area contributed by atoms with E-state index in [0.29, 0.717) is 16.6 Å². The number of amides is 1. The number of hydrogen-bond donors (Lipinski definition) is 1. The molecule has 1 aromatic heterocycles. The molecule has 0 saturated heterocycles. The van der Waals surface area contributed by atoms with Gasteiger partial charge in [0.15, 0.2) is 0 Å². The van der Waals surface area contributed by atoms with E-state index < -0.39 is 0 Å². The van der Waals surface area contributed by atoms with Gasteiger partial charge in [-0.05, 0) is 49.7 Å². The quantitative estimate of drug-likeness (QED) is 0.691. The van der Waals surface area contributed by atoms with Crippen LogP contribution < -0.4 is 5.32 Å². The van der Waals surface area contributed by atoms with Crippen LogP contribution in [-0.2, 0) is 17.8 Å². The summed E-state index contributed by atoms with van der Waals surface area (Å²) in [5.74, 6) is -0.0695. The van der Waals surface area contributed by atoms with Crippen LogP contribution in [0.25, 0.3) is 5.69 Å². The molecule has 3 aromatic rings. The minimum absolute atomic E-state index is 0.0695. The number of halogens is 2. The zero-order valence-electron chi connectivity index (χ0n) is 14.6. The van der Waals surface area contributed by atoms with E-state index in [1.165, 1.54) is 0 Å². The predicted molar refractivity (Wildman–Crippen MR) is 105 cm³/mol. The van der Waals surface area contributed by atoms with E-state index in [4.69, 9.17) is 23.2 Å². The highest BCUT2D eigenvalue weighted by molar-refractivity contribution is 6.34. The molecule has 26 heavy (non-hydrogen) atoms. The van der Waals surface area contributed by atoms with Gasteiger partial charge in [0.2, 0.25) is 5.91 Å². The molecule has 3 rings (SSSR count). The molecular weight excluding hydrogens is 369 g/mol. The van der Waals surface area contributed by atoms with Crippen molar-refractivity contribution in [3.63, 3.8) is 0 Å². The lowest BCUT2D eigenvalue weighted by Gasteiger charge is -2.08. The van der Waals surface area contributed by atoms with Crippen molar-refractivity contribution < 1.29 is 4.79 Å². The van der Waals surface area contributed by atoms with E-state index in [0.717, 1.165) is 28.2 Å². The molecule has 0 bridgehead atoms. The van der Waals surface area contributed by atoms with E-state index in [1.54, 1.807) is 18.2 Å². The van der Waals surface area contributed by atoms with Gasteiger partial charge in [0.25, 0.3) is 0 Å². The number of carbonyl (C=O) groups is 1. The average Bonchev–Trinajstić information content (AvgIpc) is 2.88. The highest BCUT2D eigenvalue weighted by atomic mass is 35.5. The van der Waals surface area contributed by atoms with Crippen LogP contribution in [0.5, 0.6) is 0 Å². The Morgan fingerprint density at radius 2 is 1.73 bits per heavy atom. The van der Waals surface area contributed by atoms with E-state index in [9.17, 15) is 4.79 Å². The Kier molecular flexibility index (Phi) is 5.64. The normalized spacial score (nSPS) is 10.8. The summed E-state index contributed by atoms with van der Waals surface area (Å²) < 4.78 is 1.87. The molecule has 0 radical (unpaired) electrons. The van der Waals surface area contributed by atoms with Crippen LogP contribution in [-0.4, -0.2) is 15.7 Å². The summed E-state index contributed by atoms with van der Waals surface area (Å²) in [5.41, 5.74) is 4.61. The minimum atomic E-state index is -0.0695. The molecule has 6 heteroatoms. The second-order valence-corrected chi connectivity index (χ2v) is 7.00. The van der Waals surface area contributed by atoms with Gasteiger partial charge in [0.05, 0.1) is 17.8 Å². The third kappa shape index (κ3) is 4.26. The number of hydrogen-bond acceptors (Lipinski definition) is 2. The third-order valence-corrected chi connectivity index (χ3v) is 4.63. The first-order chi connectivity index (χ1) is 12.4. The van der Waals surface area contributed by atoms with Crippen LogP contribution >= 0.6 is 23.2 Å². The first kappa shape index (κ1) is 18.5. The average molecular weight is 388 g/mol. The monoisotopic (exact) mass is 387 g/mol. The molecule has 1 amide bonds. The van der Waals surface area contributed by atoms with Gasteiger partial charge in [-0.25, -0.2) is 4.68 Å². The van der Waals surface area contributed by atoms with Crippen molar-refractivity contribution in [3.8, 4) is 5.69 Å². The largest absolute Gasteiger partial charge is 0.352 e. The van der Waals surface area contributed by atoms with Crippen LogP contribution in [0, 0.1) is 13.8 Å². The molecule has 0 unspecified atom stereocenters. The van der Waals surface area contributed by atoms with Crippen molar-refractivity contribution in [2.45, 2.75) is 26.8 Å². The number of nitrogens with one attached hydrogen (secondary N) is 1. The van der Waals surface area contributed by atoms with E-state index in [2.05, 4.69) is 10.4 Å². The van der Waals surface area contributed by atoms with Crippen molar-refractivity contribution in [1.82, 2.24) is 15.1 Å². The van der Waals surface area contributed by atoms with Gasteiger partial charge in [-0.15, -0.1) is 0 Å². The second-order valence-electron chi connectivity index (χ2n) is 6.13. The molecule has 0 fully saturated rings. The molecule has 2 aromatic carbocycles. The minimum Gasteiger partial charge on any atom is -0.352 e. The summed E-state index contributed by atoms with van der Waals surface area (Å²) in [6.45, 7) is 4.28. The topological polar surface area (TPSA) is 46.9 Å².